The van der Waals surface area contributed by atoms with Crippen LogP contribution in [0.3, 0.4) is 0 Å². The number of hydrogen-bond acceptors (Lipinski definition) is 3. The van der Waals surface area contributed by atoms with Crippen molar-refractivity contribution in [3.05, 3.63) is 0 Å². The second-order valence-corrected chi connectivity index (χ2v) is 4.55. The van der Waals surface area contributed by atoms with Crippen molar-refractivity contribution >= 4 is 17.7 Å². The maximum atomic E-state index is 11.1. The van der Waals surface area contributed by atoms with Crippen molar-refractivity contribution in [2.75, 3.05) is 25.2 Å². The van der Waals surface area contributed by atoms with Crippen LogP contribution in [0.25, 0.3) is 0 Å². The Hall–Kier alpha value is -0.220. The molecular weight excluding hydrogens is 186 g/mol. The molecule has 0 radical (unpaired) electrons. The highest BCUT2D eigenvalue weighted by atomic mass is 32.2. The van der Waals surface area contributed by atoms with Gasteiger partial charge in [-0.25, -0.2) is 0 Å². The van der Waals surface area contributed by atoms with E-state index in [0.29, 0.717) is 5.75 Å². The number of aliphatic hydroxyl groups is 1. The van der Waals surface area contributed by atoms with Crippen molar-refractivity contribution in [3.8, 4) is 0 Å². The summed E-state index contributed by atoms with van der Waals surface area (Å²) in [5.41, 5.74) is 0.239. The van der Waals surface area contributed by atoms with Crippen LogP contribution in [0.15, 0.2) is 0 Å². The minimum absolute atomic E-state index is 0.108. The molecule has 76 valence electrons. The van der Waals surface area contributed by atoms with Gasteiger partial charge in [0, 0.05) is 13.2 Å². The molecular formula is C9H17NO2S. The Morgan fingerprint density at radius 2 is 2.31 bits per heavy atom. The van der Waals surface area contributed by atoms with Crippen LogP contribution in [0.1, 0.15) is 19.3 Å². The van der Waals surface area contributed by atoms with Crippen LogP contribution in [-0.2, 0) is 4.79 Å². The molecule has 0 saturated heterocycles. The second kappa shape index (κ2) is 4.86. The van der Waals surface area contributed by atoms with E-state index in [2.05, 4.69) is 5.32 Å². The van der Waals surface area contributed by atoms with Crippen LogP contribution < -0.4 is 5.32 Å². The predicted molar refractivity (Wildman–Crippen MR) is 54.8 cm³/mol. The number of amides is 1. The molecule has 3 nitrogen and oxygen atoms in total. The first-order chi connectivity index (χ1) is 6.22. The van der Waals surface area contributed by atoms with E-state index in [9.17, 15) is 4.79 Å². The fourth-order valence-electron chi connectivity index (χ4n) is 1.40. The van der Waals surface area contributed by atoms with Gasteiger partial charge in [-0.15, -0.1) is 0 Å². The number of aliphatic hydroxyl groups excluding tert-OH is 1. The molecule has 0 heterocycles. The van der Waals surface area contributed by atoms with Gasteiger partial charge in [0.25, 0.3) is 0 Å². The summed E-state index contributed by atoms with van der Waals surface area (Å²) in [7, 11) is 0. The van der Waals surface area contributed by atoms with Crippen molar-refractivity contribution in [1.29, 1.82) is 0 Å². The molecule has 1 fully saturated rings. The number of carbonyl (C=O) groups excluding carboxylic acids is 1. The first-order valence-corrected chi connectivity index (χ1v) is 5.98. The number of hydrogen-bond donors (Lipinski definition) is 2. The Labute approximate surface area is 83.3 Å². The van der Waals surface area contributed by atoms with Gasteiger partial charge in [0.2, 0.25) is 5.91 Å². The Kier molecular flexibility index (Phi) is 4.06. The zero-order chi connectivity index (χ0) is 9.73. The first-order valence-electron chi connectivity index (χ1n) is 4.59. The molecule has 1 saturated carbocycles. The summed E-state index contributed by atoms with van der Waals surface area (Å²) in [6, 6.07) is 0. The van der Waals surface area contributed by atoms with Gasteiger partial charge in [-0.1, -0.05) is 0 Å². The van der Waals surface area contributed by atoms with Crippen molar-refractivity contribution in [3.63, 3.8) is 0 Å². The Bertz CT molecular complexity index is 180. The molecule has 1 amide bonds. The van der Waals surface area contributed by atoms with Gasteiger partial charge >= 0.3 is 0 Å². The SMILES string of the molecule is CSCC(=O)NCC1(CCO)CC1. The number of rotatable bonds is 6. The van der Waals surface area contributed by atoms with Crippen LogP contribution in [0.4, 0.5) is 0 Å². The van der Waals surface area contributed by atoms with Gasteiger partial charge < -0.3 is 10.4 Å². The highest BCUT2D eigenvalue weighted by molar-refractivity contribution is 7.99. The summed E-state index contributed by atoms with van der Waals surface area (Å²) in [5, 5.41) is 11.7. The van der Waals surface area contributed by atoms with Crippen LogP contribution in [0.2, 0.25) is 0 Å². The summed E-state index contributed by atoms with van der Waals surface area (Å²) in [4.78, 5) is 11.1. The van der Waals surface area contributed by atoms with Gasteiger partial charge in [-0.3, -0.25) is 4.79 Å². The van der Waals surface area contributed by atoms with Crippen molar-refractivity contribution in [1.82, 2.24) is 5.32 Å². The highest BCUT2D eigenvalue weighted by Gasteiger charge is 2.41. The maximum absolute atomic E-state index is 11.1. The van der Waals surface area contributed by atoms with Gasteiger partial charge in [0.1, 0.15) is 0 Å². The Balaban J connectivity index is 2.14. The zero-order valence-electron chi connectivity index (χ0n) is 8.01. The Morgan fingerprint density at radius 3 is 2.77 bits per heavy atom. The van der Waals surface area contributed by atoms with Crippen LogP contribution in [-0.4, -0.2) is 36.2 Å². The molecule has 0 aromatic carbocycles. The van der Waals surface area contributed by atoms with Gasteiger partial charge in [0.05, 0.1) is 5.75 Å². The van der Waals surface area contributed by atoms with E-state index in [1.165, 1.54) is 11.8 Å². The smallest absolute Gasteiger partial charge is 0.230 e. The average molecular weight is 203 g/mol. The first kappa shape index (κ1) is 10.9. The predicted octanol–water partition coefficient (Wildman–Crippen LogP) is 0.628. The van der Waals surface area contributed by atoms with E-state index in [1.807, 2.05) is 6.26 Å². The minimum atomic E-state index is 0.108. The molecule has 2 N–H and O–H groups in total. The minimum Gasteiger partial charge on any atom is -0.396 e. The van der Waals surface area contributed by atoms with Crippen LogP contribution in [0.5, 0.6) is 0 Å². The average Bonchev–Trinajstić information content (AvgIpc) is 2.84. The lowest BCUT2D eigenvalue weighted by Gasteiger charge is -2.13. The third-order valence-corrected chi connectivity index (χ3v) is 3.09. The van der Waals surface area contributed by atoms with E-state index >= 15 is 0 Å². The van der Waals surface area contributed by atoms with E-state index in [4.69, 9.17) is 5.11 Å². The lowest BCUT2D eigenvalue weighted by Crippen LogP contribution is -2.31. The number of carbonyl (C=O) groups is 1. The van der Waals surface area contributed by atoms with Crippen molar-refractivity contribution < 1.29 is 9.90 Å². The monoisotopic (exact) mass is 203 g/mol. The lowest BCUT2D eigenvalue weighted by molar-refractivity contribution is -0.118. The number of thioether (sulfide) groups is 1. The summed E-state index contributed by atoms with van der Waals surface area (Å²) in [6.07, 6.45) is 5.03. The molecule has 0 spiro atoms. The third kappa shape index (κ3) is 3.56. The fourth-order valence-corrected chi connectivity index (χ4v) is 1.76. The second-order valence-electron chi connectivity index (χ2n) is 3.68. The fraction of sp³-hybridized carbons (Fsp3) is 0.889. The van der Waals surface area contributed by atoms with Crippen LogP contribution in [0, 0.1) is 5.41 Å². The molecule has 0 unspecified atom stereocenters. The quantitative estimate of drug-likeness (QED) is 0.665. The molecule has 1 aliphatic rings. The van der Waals surface area contributed by atoms with Gasteiger partial charge in [-0.05, 0) is 30.9 Å². The van der Waals surface area contributed by atoms with E-state index in [-0.39, 0.29) is 17.9 Å². The van der Waals surface area contributed by atoms with Crippen LogP contribution >= 0.6 is 11.8 Å². The van der Waals surface area contributed by atoms with E-state index in [0.717, 1.165) is 25.8 Å². The molecule has 13 heavy (non-hydrogen) atoms. The normalized spacial score (nSPS) is 18.3. The van der Waals surface area contributed by atoms with E-state index in [1.54, 1.807) is 0 Å². The molecule has 1 rings (SSSR count). The van der Waals surface area contributed by atoms with E-state index < -0.39 is 0 Å². The third-order valence-electron chi connectivity index (χ3n) is 2.54. The molecule has 4 heteroatoms. The van der Waals surface area contributed by atoms with Gasteiger partial charge in [0.15, 0.2) is 0 Å². The summed E-state index contributed by atoms with van der Waals surface area (Å²) < 4.78 is 0. The summed E-state index contributed by atoms with van der Waals surface area (Å²) >= 11 is 1.53. The maximum Gasteiger partial charge on any atom is 0.230 e. The molecule has 1 aliphatic carbocycles. The number of nitrogens with one attached hydrogen (secondary N) is 1. The van der Waals surface area contributed by atoms with Gasteiger partial charge in [-0.2, -0.15) is 11.8 Å². The lowest BCUT2D eigenvalue weighted by atomic mass is 10.0. The largest absolute Gasteiger partial charge is 0.396 e. The summed E-state index contributed by atoms with van der Waals surface area (Å²) in [6.45, 7) is 0.978. The standard InChI is InChI=1S/C9H17NO2S/c1-13-6-8(12)10-7-9(2-3-9)4-5-11/h11H,2-7H2,1H3,(H,10,12). The molecule has 0 aliphatic heterocycles. The van der Waals surface area contributed by atoms with Crippen molar-refractivity contribution in [2.24, 2.45) is 5.41 Å². The molecule has 0 bridgehead atoms. The highest BCUT2D eigenvalue weighted by Crippen LogP contribution is 2.47. The summed E-state index contributed by atoms with van der Waals surface area (Å²) in [5.74, 6) is 0.645. The Morgan fingerprint density at radius 1 is 1.62 bits per heavy atom. The molecule has 0 atom stereocenters. The topological polar surface area (TPSA) is 49.3 Å². The molecule has 0 aromatic heterocycles. The zero-order valence-corrected chi connectivity index (χ0v) is 8.82. The van der Waals surface area contributed by atoms with Crippen molar-refractivity contribution in [2.45, 2.75) is 19.3 Å². The molecule has 0 aromatic rings.